The minimum absolute atomic E-state index is 0.270. The molecule has 4 aromatic rings. The molecule has 0 aromatic heterocycles. The van der Waals surface area contributed by atoms with Gasteiger partial charge in [0.25, 0.3) is 0 Å². The Morgan fingerprint density at radius 3 is 1.73 bits per heavy atom. The molecule has 208 valence electrons. The van der Waals surface area contributed by atoms with Crippen LogP contribution in [0.15, 0.2) is 121 Å². The Hall–Kier alpha value is -4.48. The van der Waals surface area contributed by atoms with E-state index in [0.717, 1.165) is 39.0 Å². The molecule has 2 atom stereocenters. The molecule has 0 N–H and O–H groups in total. The number of rotatable bonds is 10. The van der Waals surface area contributed by atoms with Crippen molar-refractivity contribution in [3.8, 4) is 11.1 Å². The summed E-state index contributed by atoms with van der Waals surface area (Å²) in [6, 6.07) is 35.9. The molecule has 0 saturated heterocycles. The zero-order chi connectivity index (χ0) is 29.0. The number of methoxy groups -OCH3 is 2. The first kappa shape index (κ1) is 28.1. The number of allylic oxidation sites excluding steroid dienone is 1. The third-order valence-electron chi connectivity index (χ3n) is 7.97. The van der Waals surface area contributed by atoms with Gasteiger partial charge in [-0.1, -0.05) is 115 Å². The van der Waals surface area contributed by atoms with E-state index < -0.39 is 29.4 Å². The minimum Gasteiger partial charge on any atom is -0.469 e. The molecule has 41 heavy (non-hydrogen) atoms. The van der Waals surface area contributed by atoms with Crippen molar-refractivity contribution in [2.45, 2.75) is 31.5 Å². The SMILES string of the molecule is C=C(C)C[C@H](C(=O)OC)[C@H](C(=O)OC)N(Cc1ccccc1)C1(c2ccccc2)c2ccccc2-c2ccccc21. The van der Waals surface area contributed by atoms with Gasteiger partial charge in [0.1, 0.15) is 6.04 Å². The van der Waals surface area contributed by atoms with Gasteiger partial charge in [-0.2, -0.15) is 0 Å². The van der Waals surface area contributed by atoms with Gasteiger partial charge in [-0.05, 0) is 46.7 Å². The minimum atomic E-state index is -0.997. The fourth-order valence-corrected chi connectivity index (χ4v) is 6.36. The molecular formula is C36H35NO4. The highest BCUT2D eigenvalue weighted by Gasteiger charge is 2.55. The van der Waals surface area contributed by atoms with Crippen molar-refractivity contribution in [1.82, 2.24) is 4.90 Å². The Labute approximate surface area is 242 Å². The monoisotopic (exact) mass is 545 g/mol. The lowest BCUT2D eigenvalue weighted by Gasteiger charge is -2.48. The van der Waals surface area contributed by atoms with Crippen molar-refractivity contribution in [2.75, 3.05) is 14.2 Å². The van der Waals surface area contributed by atoms with Crippen molar-refractivity contribution in [3.05, 3.63) is 144 Å². The Kier molecular flexibility index (Phi) is 8.18. The van der Waals surface area contributed by atoms with Gasteiger partial charge in [0, 0.05) is 6.54 Å². The molecule has 0 fully saturated rings. The van der Waals surface area contributed by atoms with E-state index in [2.05, 4.69) is 47.9 Å². The highest BCUT2D eigenvalue weighted by atomic mass is 16.5. The Balaban J connectivity index is 1.90. The van der Waals surface area contributed by atoms with Crippen LogP contribution in [-0.2, 0) is 31.1 Å². The van der Waals surface area contributed by atoms with E-state index in [-0.39, 0.29) is 6.42 Å². The fraction of sp³-hybridized carbons (Fsp3) is 0.222. The molecular weight excluding hydrogens is 510 g/mol. The first-order valence-electron chi connectivity index (χ1n) is 13.8. The molecule has 5 heteroatoms. The van der Waals surface area contributed by atoms with Crippen LogP contribution in [0.3, 0.4) is 0 Å². The van der Waals surface area contributed by atoms with Gasteiger partial charge in [0.15, 0.2) is 0 Å². The van der Waals surface area contributed by atoms with Crippen LogP contribution >= 0.6 is 0 Å². The molecule has 0 aliphatic heterocycles. The summed E-state index contributed by atoms with van der Waals surface area (Å²) in [5.41, 5.74) is 6.08. The van der Waals surface area contributed by atoms with Crippen molar-refractivity contribution in [2.24, 2.45) is 5.92 Å². The van der Waals surface area contributed by atoms with E-state index in [9.17, 15) is 9.59 Å². The predicted octanol–water partition coefficient (Wildman–Crippen LogP) is 6.76. The van der Waals surface area contributed by atoms with E-state index in [1.165, 1.54) is 14.2 Å². The maximum atomic E-state index is 14.0. The largest absolute Gasteiger partial charge is 0.469 e. The number of carbonyl (C=O) groups is 2. The average Bonchev–Trinajstić information content (AvgIpc) is 3.31. The molecule has 0 unspecified atom stereocenters. The van der Waals surface area contributed by atoms with Crippen molar-refractivity contribution in [3.63, 3.8) is 0 Å². The summed E-state index contributed by atoms with van der Waals surface area (Å²) >= 11 is 0. The quantitative estimate of drug-likeness (QED) is 0.163. The molecule has 0 saturated carbocycles. The Morgan fingerprint density at radius 2 is 1.22 bits per heavy atom. The Bertz CT molecular complexity index is 1500. The smallest absolute Gasteiger partial charge is 0.324 e. The van der Waals surface area contributed by atoms with Crippen LogP contribution in [0.25, 0.3) is 11.1 Å². The van der Waals surface area contributed by atoms with E-state index in [1.807, 2.05) is 79.7 Å². The second-order valence-corrected chi connectivity index (χ2v) is 10.5. The van der Waals surface area contributed by atoms with Gasteiger partial charge >= 0.3 is 11.9 Å². The highest BCUT2D eigenvalue weighted by molar-refractivity contribution is 5.87. The molecule has 1 aliphatic carbocycles. The van der Waals surface area contributed by atoms with Gasteiger partial charge < -0.3 is 9.47 Å². The lowest BCUT2D eigenvalue weighted by Crippen LogP contribution is -2.58. The standard InChI is InChI=1S/C36H35NO4/c1-25(2)23-30(34(38)40-3)33(35(39)41-4)37(24-26-15-7-5-8-16-26)36(27-17-9-6-10-18-27)31-21-13-11-19-28(31)29-20-12-14-22-32(29)36/h5-22,30,33H,1,23-24H2,2-4H3/t30-,33+/m0/s1. The molecule has 0 amide bonds. The second kappa shape index (κ2) is 11.9. The maximum Gasteiger partial charge on any atom is 0.324 e. The summed E-state index contributed by atoms with van der Waals surface area (Å²) in [6.45, 7) is 6.31. The third-order valence-corrected chi connectivity index (χ3v) is 7.97. The molecule has 0 radical (unpaired) electrons. The summed E-state index contributed by atoms with van der Waals surface area (Å²) in [6.07, 6.45) is 0.270. The molecule has 0 bridgehead atoms. The number of esters is 2. The van der Waals surface area contributed by atoms with Gasteiger partial charge in [0.2, 0.25) is 0 Å². The van der Waals surface area contributed by atoms with Crippen LogP contribution in [-0.4, -0.2) is 37.1 Å². The number of hydrogen-bond donors (Lipinski definition) is 0. The van der Waals surface area contributed by atoms with Crippen LogP contribution in [0.2, 0.25) is 0 Å². The van der Waals surface area contributed by atoms with Gasteiger partial charge in [-0.25, -0.2) is 0 Å². The predicted molar refractivity (Wildman–Crippen MR) is 161 cm³/mol. The van der Waals surface area contributed by atoms with Crippen LogP contribution in [0.4, 0.5) is 0 Å². The molecule has 5 nitrogen and oxygen atoms in total. The zero-order valence-electron chi connectivity index (χ0n) is 23.7. The van der Waals surface area contributed by atoms with Crippen molar-refractivity contribution < 1.29 is 19.1 Å². The number of hydrogen-bond acceptors (Lipinski definition) is 5. The van der Waals surface area contributed by atoms with Gasteiger partial charge in [0.05, 0.1) is 25.7 Å². The Morgan fingerprint density at radius 1 is 0.732 bits per heavy atom. The molecule has 4 aromatic carbocycles. The third kappa shape index (κ3) is 4.98. The molecule has 0 spiro atoms. The first-order chi connectivity index (χ1) is 19.9. The molecule has 5 rings (SSSR count). The van der Waals surface area contributed by atoms with E-state index in [0.29, 0.717) is 6.54 Å². The lowest BCUT2D eigenvalue weighted by molar-refractivity contribution is -0.162. The van der Waals surface area contributed by atoms with Crippen LogP contribution in [0.1, 0.15) is 35.6 Å². The summed E-state index contributed by atoms with van der Waals surface area (Å²) in [5, 5.41) is 0. The molecule has 0 heterocycles. The highest BCUT2D eigenvalue weighted by Crippen LogP contribution is 2.56. The maximum absolute atomic E-state index is 14.0. The number of ether oxygens (including phenoxy) is 2. The number of nitrogens with zero attached hydrogens (tertiary/aromatic N) is 1. The van der Waals surface area contributed by atoms with Crippen LogP contribution in [0.5, 0.6) is 0 Å². The summed E-state index contributed by atoms with van der Waals surface area (Å²) in [4.78, 5) is 29.7. The summed E-state index contributed by atoms with van der Waals surface area (Å²) in [7, 11) is 2.73. The second-order valence-electron chi connectivity index (χ2n) is 10.5. The zero-order valence-corrected chi connectivity index (χ0v) is 23.7. The van der Waals surface area contributed by atoms with Crippen molar-refractivity contribution >= 4 is 11.9 Å². The topological polar surface area (TPSA) is 55.8 Å². The number of carbonyl (C=O) groups excluding carboxylic acids is 2. The van der Waals surface area contributed by atoms with Crippen molar-refractivity contribution in [1.29, 1.82) is 0 Å². The van der Waals surface area contributed by atoms with Crippen LogP contribution < -0.4 is 0 Å². The number of fused-ring (bicyclic) bond motifs is 3. The van der Waals surface area contributed by atoms with Gasteiger partial charge in [-0.15, -0.1) is 6.58 Å². The van der Waals surface area contributed by atoms with E-state index >= 15 is 0 Å². The summed E-state index contributed by atoms with van der Waals surface area (Å²) in [5.74, 6) is -1.84. The first-order valence-corrected chi connectivity index (χ1v) is 13.8. The van der Waals surface area contributed by atoms with E-state index in [4.69, 9.17) is 9.47 Å². The summed E-state index contributed by atoms with van der Waals surface area (Å²) < 4.78 is 10.8. The number of benzene rings is 4. The fourth-order valence-electron chi connectivity index (χ4n) is 6.36. The van der Waals surface area contributed by atoms with Gasteiger partial charge in [-0.3, -0.25) is 14.5 Å². The molecule has 1 aliphatic rings. The lowest BCUT2D eigenvalue weighted by atomic mass is 9.76. The average molecular weight is 546 g/mol. The van der Waals surface area contributed by atoms with Crippen LogP contribution in [0, 0.1) is 5.92 Å². The normalized spacial score (nSPS) is 14.4. The van der Waals surface area contributed by atoms with E-state index in [1.54, 1.807) is 0 Å².